The molecule has 1 aliphatic rings. The van der Waals surface area contributed by atoms with Gasteiger partial charge in [0.2, 0.25) is 0 Å². The number of nitrogens with one attached hydrogen (secondary N) is 1. The lowest BCUT2D eigenvalue weighted by Crippen LogP contribution is -2.45. The second kappa shape index (κ2) is 10.9. The first kappa shape index (κ1) is 24.0. The van der Waals surface area contributed by atoms with E-state index in [0.717, 1.165) is 67.4 Å². The minimum Gasteiger partial charge on any atom is -0.484 e. The van der Waals surface area contributed by atoms with Crippen molar-refractivity contribution in [1.29, 1.82) is 0 Å². The highest BCUT2D eigenvalue weighted by atomic mass is 16.5. The van der Waals surface area contributed by atoms with Crippen LogP contribution in [0.15, 0.2) is 72.8 Å². The average molecular weight is 484 g/mol. The van der Waals surface area contributed by atoms with Gasteiger partial charge in [-0.15, -0.1) is 0 Å². The molecule has 1 aliphatic heterocycles. The summed E-state index contributed by atoms with van der Waals surface area (Å²) in [4.78, 5) is 22.3. The standard InChI is InChI=1S/C29H33N5O2/c1-22-7-6-10-25(17-22)36-21-29(35)30-24-11-12-27-26(18-24)31-28(32(27)2)20-34-15-13-33(14-16-34)19-23-8-4-3-5-9-23/h3-12,17-18H,13-16,19-21H2,1-2H3,(H,30,35). The van der Waals surface area contributed by atoms with Crippen LogP contribution >= 0.6 is 0 Å². The quantitative estimate of drug-likeness (QED) is 0.407. The molecule has 36 heavy (non-hydrogen) atoms. The van der Waals surface area contributed by atoms with Gasteiger partial charge < -0.3 is 14.6 Å². The van der Waals surface area contributed by atoms with Crippen LogP contribution in [0.4, 0.5) is 5.69 Å². The van der Waals surface area contributed by atoms with E-state index in [2.05, 4.69) is 57.1 Å². The summed E-state index contributed by atoms with van der Waals surface area (Å²) in [5.41, 5.74) is 5.12. The molecule has 186 valence electrons. The largest absolute Gasteiger partial charge is 0.484 e. The van der Waals surface area contributed by atoms with Crippen LogP contribution < -0.4 is 10.1 Å². The number of hydrogen-bond acceptors (Lipinski definition) is 5. The van der Waals surface area contributed by atoms with Crippen molar-refractivity contribution < 1.29 is 9.53 Å². The van der Waals surface area contributed by atoms with Crippen molar-refractivity contribution in [3.63, 3.8) is 0 Å². The average Bonchev–Trinajstić information content (AvgIpc) is 3.19. The molecule has 0 spiro atoms. The smallest absolute Gasteiger partial charge is 0.262 e. The van der Waals surface area contributed by atoms with E-state index in [-0.39, 0.29) is 12.5 Å². The molecule has 0 unspecified atom stereocenters. The maximum absolute atomic E-state index is 12.4. The van der Waals surface area contributed by atoms with E-state index >= 15 is 0 Å². The lowest BCUT2D eigenvalue weighted by atomic mass is 10.2. The first-order valence-corrected chi connectivity index (χ1v) is 12.5. The fourth-order valence-electron chi connectivity index (χ4n) is 4.67. The number of carbonyl (C=O) groups is 1. The predicted molar refractivity (Wildman–Crippen MR) is 143 cm³/mol. The number of imidazole rings is 1. The molecular formula is C29H33N5O2. The monoisotopic (exact) mass is 483 g/mol. The van der Waals surface area contributed by atoms with Gasteiger partial charge in [-0.1, -0.05) is 42.5 Å². The van der Waals surface area contributed by atoms with Crippen LogP contribution in [0.2, 0.25) is 0 Å². The van der Waals surface area contributed by atoms with Crippen LogP contribution in [-0.4, -0.2) is 58.0 Å². The Labute approximate surface area is 212 Å². The fraction of sp³-hybridized carbons (Fsp3) is 0.310. The lowest BCUT2D eigenvalue weighted by Gasteiger charge is -2.34. The van der Waals surface area contributed by atoms with Gasteiger partial charge in [0.15, 0.2) is 6.61 Å². The van der Waals surface area contributed by atoms with Crippen molar-refractivity contribution in [2.24, 2.45) is 7.05 Å². The predicted octanol–water partition coefficient (Wildman–Crippen LogP) is 4.22. The van der Waals surface area contributed by atoms with Gasteiger partial charge in [-0.2, -0.15) is 0 Å². The van der Waals surface area contributed by atoms with Crippen LogP contribution in [0, 0.1) is 6.92 Å². The number of amides is 1. The number of aryl methyl sites for hydroxylation is 2. The molecule has 1 saturated heterocycles. The van der Waals surface area contributed by atoms with Crippen LogP contribution in [0.1, 0.15) is 17.0 Å². The molecule has 7 heteroatoms. The number of fused-ring (bicyclic) bond motifs is 1. The molecule has 0 aliphatic carbocycles. The van der Waals surface area contributed by atoms with Gasteiger partial charge in [0.05, 0.1) is 17.6 Å². The minimum atomic E-state index is -0.194. The maximum atomic E-state index is 12.4. The molecule has 0 bridgehead atoms. The Morgan fingerprint density at radius 2 is 1.67 bits per heavy atom. The van der Waals surface area contributed by atoms with E-state index in [1.807, 2.05) is 49.4 Å². The van der Waals surface area contributed by atoms with Crippen molar-refractivity contribution >= 4 is 22.6 Å². The third-order valence-electron chi connectivity index (χ3n) is 6.70. The number of hydrogen-bond donors (Lipinski definition) is 1. The van der Waals surface area contributed by atoms with Crippen molar-refractivity contribution in [3.05, 3.63) is 89.7 Å². The van der Waals surface area contributed by atoms with E-state index in [4.69, 9.17) is 9.72 Å². The van der Waals surface area contributed by atoms with Gasteiger partial charge in [-0.05, 0) is 48.4 Å². The van der Waals surface area contributed by atoms with Gasteiger partial charge in [-0.3, -0.25) is 14.6 Å². The summed E-state index contributed by atoms with van der Waals surface area (Å²) in [5, 5.41) is 2.92. The summed E-state index contributed by atoms with van der Waals surface area (Å²) >= 11 is 0. The van der Waals surface area contributed by atoms with Gasteiger partial charge in [0.1, 0.15) is 11.6 Å². The summed E-state index contributed by atoms with van der Waals surface area (Å²) in [7, 11) is 2.06. The van der Waals surface area contributed by atoms with Crippen molar-refractivity contribution in [2.75, 3.05) is 38.1 Å². The first-order valence-electron chi connectivity index (χ1n) is 12.5. The number of benzene rings is 3. The van der Waals surface area contributed by atoms with Crippen molar-refractivity contribution in [2.45, 2.75) is 20.0 Å². The molecular weight excluding hydrogens is 450 g/mol. The van der Waals surface area contributed by atoms with Crippen LogP contribution in [0.5, 0.6) is 5.75 Å². The number of anilines is 1. The molecule has 7 nitrogen and oxygen atoms in total. The highest BCUT2D eigenvalue weighted by molar-refractivity contribution is 5.94. The van der Waals surface area contributed by atoms with Crippen LogP contribution in [-0.2, 0) is 24.9 Å². The topological polar surface area (TPSA) is 62.6 Å². The molecule has 0 radical (unpaired) electrons. The van der Waals surface area contributed by atoms with Gasteiger partial charge in [-0.25, -0.2) is 4.98 Å². The van der Waals surface area contributed by atoms with Crippen molar-refractivity contribution in [1.82, 2.24) is 19.4 Å². The second-order valence-corrected chi connectivity index (χ2v) is 9.48. The molecule has 1 N–H and O–H groups in total. The molecule has 2 heterocycles. The number of nitrogens with zero attached hydrogens (tertiary/aromatic N) is 4. The lowest BCUT2D eigenvalue weighted by molar-refractivity contribution is -0.118. The summed E-state index contributed by atoms with van der Waals surface area (Å²) < 4.78 is 7.77. The van der Waals surface area contributed by atoms with E-state index in [1.54, 1.807) is 0 Å². The van der Waals surface area contributed by atoms with E-state index < -0.39 is 0 Å². The van der Waals surface area contributed by atoms with Crippen LogP contribution in [0.25, 0.3) is 11.0 Å². The number of rotatable bonds is 8. The van der Waals surface area contributed by atoms with Gasteiger partial charge in [0, 0.05) is 45.5 Å². The Morgan fingerprint density at radius 1 is 0.917 bits per heavy atom. The van der Waals surface area contributed by atoms with Gasteiger partial charge in [0.25, 0.3) is 5.91 Å². The normalized spacial score (nSPS) is 14.7. The SMILES string of the molecule is Cc1cccc(OCC(=O)Nc2ccc3c(c2)nc(CN2CCN(Cc4ccccc4)CC2)n3C)c1. The zero-order chi connectivity index (χ0) is 24.9. The molecule has 0 saturated carbocycles. The zero-order valence-electron chi connectivity index (χ0n) is 21.0. The Kier molecular flexibility index (Phi) is 7.30. The summed E-state index contributed by atoms with van der Waals surface area (Å²) in [6.07, 6.45) is 0. The van der Waals surface area contributed by atoms with E-state index in [9.17, 15) is 4.79 Å². The third kappa shape index (κ3) is 5.93. The third-order valence-corrected chi connectivity index (χ3v) is 6.70. The molecule has 5 rings (SSSR count). The molecule has 4 aromatic rings. The Balaban J connectivity index is 1.16. The zero-order valence-corrected chi connectivity index (χ0v) is 21.0. The van der Waals surface area contributed by atoms with E-state index in [0.29, 0.717) is 5.75 Å². The second-order valence-electron chi connectivity index (χ2n) is 9.48. The molecule has 1 fully saturated rings. The fourth-order valence-corrected chi connectivity index (χ4v) is 4.67. The highest BCUT2D eigenvalue weighted by Gasteiger charge is 2.19. The highest BCUT2D eigenvalue weighted by Crippen LogP contribution is 2.21. The molecule has 3 aromatic carbocycles. The van der Waals surface area contributed by atoms with Gasteiger partial charge >= 0.3 is 0 Å². The van der Waals surface area contributed by atoms with Crippen LogP contribution in [0.3, 0.4) is 0 Å². The minimum absolute atomic E-state index is 0.0365. The Bertz CT molecular complexity index is 1330. The molecule has 1 amide bonds. The van der Waals surface area contributed by atoms with Crippen molar-refractivity contribution in [3.8, 4) is 5.75 Å². The number of ether oxygens (including phenoxy) is 1. The number of carbonyl (C=O) groups excluding carboxylic acids is 1. The molecule has 0 atom stereocenters. The Hall–Kier alpha value is -3.68. The summed E-state index contributed by atoms with van der Waals surface area (Å²) in [6.45, 7) is 7.94. The Morgan fingerprint density at radius 3 is 2.42 bits per heavy atom. The molecule has 1 aromatic heterocycles. The van der Waals surface area contributed by atoms with E-state index in [1.165, 1.54) is 5.56 Å². The number of piperazine rings is 1. The first-order chi connectivity index (χ1) is 17.5. The number of aromatic nitrogens is 2. The summed E-state index contributed by atoms with van der Waals surface area (Å²) in [6, 6.07) is 24.2. The maximum Gasteiger partial charge on any atom is 0.262 e. The summed E-state index contributed by atoms with van der Waals surface area (Å²) in [5.74, 6) is 1.53.